The third-order valence-corrected chi connectivity index (χ3v) is 1.90. The lowest BCUT2D eigenvalue weighted by Crippen LogP contribution is -2.20. The first-order chi connectivity index (χ1) is 8.03. The van der Waals surface area contributed by atoms with Crippen molar-refractivity contribution < 1.29 is 17.9 Å². The highest BCUT2D eigenvalue weighted by Gasteiger charge is 2.31. The zero-order chi connectivity index (χ0) is 12.7. The molecule has 0 amide bonds. The topological polar surface area (TPSA) is 21.3 Å². The molecule has 17 heavy (non-hydrogen) atoms. The first-order valence-corrected chi connectivity index (χ1v) is 4.97. The Morgan fingerprint density at radius 2 is 2.00 bits per heavy atom. The van der Waals surface area contributed by atoms with Gasteiger partial charge in [-0.05, 0) is 13.0 Å². The normalized spacial score (nSPS) is 10.6. The van der Waals surface area contributed by atoms with Gasteiger partial charge in [0, 0.05) is 12.1 Å². The number of benzene rings is 1. The van der Waals surface area contributed by atoms with E-state index in [4.69, 9.17) is 0 Å². The highest BCUT2D eigenvalue weighted by atomic mass is 19.4. The van der Waals surface area contributed by atoms with Crippen molar-refractivity contribution in [3.63, 3.8) is 0 Å². The van der Waals surface area contributed by atoms with Crippen molar-refractivity contribution >= 4 is 0 Å². The van der Waals surface area contributed by atoms with E-state index in [-0.39, 0.29) is 12.3 Å². The quantitative estimate of drug-likeness (QED) is 0.648. The molecule has 0 saturated carbocycles. The first-order valence-electron chi connectivity index (χ1n) is 4.97. The van der Waals surface area contributed by atoms with Crippen LogP contribution >= 0.6 is 0 Å². The van der Waals surface area contributed by atoms with E-state index in [1.54, 1.807) is 19.1 Å². The van der Waals surface area contributed by atoms with Crippen molar-refractivity contribution in [1.82, 2.24) is 5.32 Å². The summed E-state index contributed by atoms with van der Waals surface area (Å²) in [5.74, 6) is 5.26. The van der Waals surface area contributed by atoms with Gasteiger partial charge in [-0.2, -0.15) is 0 Å². The number of nitrogens with one attached hydrogen (secondary N) is 1. The smallest absolute Gasteiger partial charge is 0.405 e. The van der Waals surface area contributed by atoms with Gasteiger partial charge in [0.25, 0.3) is 0 Å². The van der Waals surface area contributed by atoms with Crippen LogP contribution in [0.25, 0.3) is 0 Å². The molecular weight excluding hydrogens is 231 g/mol. The van der Waals surface area contributed by atoms with Crippen molar-refractivity contribution in [2.45, 2.75) is 19.8 Å². The molecule has 0 atom stereocenters. The Balaban J connectivity index is 2.66. The predicted octanol–water partition coefficient (Wildman–Crippen LogP) is 2.70. The summed E-state index contributed by atoms with van der Waals surface area (Å²) in [6.45, 7) is 2.40. The van der Waals surface area contributed by atoms with Crippen LogP contribution < -0.4 is 10.1 Å². The lowest BCUT2D eigenvalue weighted by molar-refractivity contribution is -0.274. The van der Waals surface area contributed by atoms with Crippen LogP contribution in [0.3, 0.4) is 0 Å². The van der Waals surface area contributed by atoms with Crippen molar-refractivity contribution in [3.8, 4) is 17.6 Å². The number of para-hydroxylation sites is 1. The molecule has 0 radical (unpaired) electrons. The molecule has 0 saturated heterocycles. The molecule has 0 spiro atoms. The van der Waals surface area contributed by atoms with Crippen LogP contribution in [0.15, 0.2) is 24.3 Å². The molecule has 0 fully saturated rings. The highest BCUT2D eigenvalue weighted by molar-refractivity contribution is 5.33. The largest absolute Gasteiger partial charge is 0.573 e. The molecule has 0 bridgehead atoms. The Morgan fingerprint density at radius 3 is 2.65 bits per heavy atom. The Morgan fingerprint density at radius 1 is 1.29 bits per heavy atom. The van der Waals surface area contributed by atoms with E-state index >= 15 is 0 Å². The van der Waals surface area contributed by atoms with Crippen molar-refractivity contribution in [2.75, 3.05) is 6.54 Å². The lowest BCUT2D eigenvalue weighted by Gasteiger charge is -2.12. The highest BCUT2D eigenvalue weighted by Crippen LogP contribution is 2.25. The van der Waals surface area contributed by atoms with E-state index in [0.29, 0.717) is 12.1 Å². The Labute approximate surface area is 97.8 Å². The predicted molar refractivity (Wildman–Crippen MR) is 58.3 cm³/mol. The first kappa shape index (κ1) is 13.4. The fraction of sp³-hybridized carbons (Fsp3) is 0.333. The summed E-state index contributed by atoms with van der Waals surface area (Å²) in [5, 5.41) is 2.91. The van der Waals surface area contributed by atoms with E-state index in [1.807, 2.05) is 0 Å². The number of halogens is 3. The number of hydrogen-bond donors (Lipinski definition) is 1. The third-order valence-electron chi connectivity index (χ3n) is 1.90. The molecule has 92 valence electrons. The molecule has 0 aromatic heterocycles. The number of alkyl halides is 3. The second kappa shape index (κ2) is 6.16. The summed E-state index contributed by atoms with van der Waals surface area (Å²) in [7, 11) is 0. The Hall–Kier alpha value is -1.67. The molecule has 0 aliphatic rings. The summed E-state index contributed by atoms with van der Waals surface area (Å²) in [6.07, 6.45) is -4.67. The van der Waals surface area contributed by atoms with E-state index < -0.39 is 6.36 Å². The molecule has 5 heteroatoms. The van der Waals surface area contributed by atoms with E-state index in [2.05, 4.69) is 21.9 Å². The van der Waals surface area contributed by atoms with Gasteiger partial charge in [0.1, 0.15) is 5.75 Å². The molecular formula is C12H12F3NO. The van der Waals surface area contributed by atoms with Gasteiger partial charge in [-0.15, -0.1) is 19.1 Å². The standard InChI is InChI=1S/C12H12F3NO/c1-2-3-8-16-9-10-6-4-5-7-11(10)17-12(13,14)15/h4-7,16H,8-9H2,1H3. The summed E-state index contributed by atoms with van der Waals surface area (Å²) in [4.78, 5) is 0. The van der Waals surface area contributed by atoms with E-state index in [9.17, 15) is 13.2 Å². The van der Waals surface area contributed by atoms with Gasteiger partial charge in [0.2, 0.25) is 0 Å². The number of hydrogen-bond acceptors (Lipinski definition) is 2. The molecule has 2 nitrogen and oxygen atoms in total. The third kappa shape index (κ3) is 5.27. The van der Waals surface area contributed by atoms with Crippen LogP contribution in [0.5, 0.6) is 5.75 Å². The SMILES string of the molecule is CC#CCNCc1ccccc1OC(F)(F)F. The maximum Gasteiger partial charge on any atom is 0.573 e. The lowest BCUT2D eigenvalue weighted by atomic mass is 10.2. The van der Waals surface area contributed by atoms with E-state index in [0.717, 1.165) is 0 Å². The van der Waals surface area contributed by atoms with Gasteiger partial charge in [0.05, 0.1) is 6.54 Å². The van der Waals surface area contributed by atoms with Gasteiger partial charge in [-0.25, -0.2) is 0 Å². The summed E-state index contributed by atoms with van der Waals surface area (Å²) < 4.78 is 40.2. The second-order valence-corrected chi connectivity index (χ2v) is 3.19. The zero-order valence-corrected chi connectivity index (χ0v) is 9.27. The molecule has 0 aliphatic heterocycles. The van der Waals surface area contributed by atoms with Crippen LogP contribution in [-0.4, -0.2) is 12.9 Å². The fourth-order valence-electron chi connectivity index (χ4n) is 1.22. The van der Waals surface area contributed by atoms with Crippen LogP contribution in [0.1, 0.15) is 12.5 Å². The van der Waals surface area contributed by atoms with Gasteiger partial charge in [0.15, 0.2) is 0 Å². The van der Waals surface area contributed by atoms with Gasteiger partial charge in [-0.3, -0.25) is 0 Å². The molecule has 1 rings (SSSR count). The minimum Gasteiger partial charge on any atom is -0.405 e. The van der Waals surface area contributed by atoms with Crippen LogP contribution in [0.2, 0.25) is 0 Å². The number of rotatable bonds is 4. The summed E-state index contributed by atoms with van der Waals surface area (Å²) >= 11 is 0. The molecule has 0 unspecified atom stereocenters. The molecule has 1 aromatic rings. The molecule has 1 N–H and O–H groups in total. The molecule has 0 heterocycles. The van der Waals surface area contributed by atoms with Crippen LogP contribution in [0, 0.1) is 11.8 Å². The van der Waals surface area contributed by atoms with E-state index in [1.165, 1.54) is 12.1 Å². The average Bonchev–Trinajstić information content (AvgIpc) is 2.24. The number of ether oxygens (including phenoxy) is 1. The summed E-state index contributed by atoms with van der Waals surface area (Å²) in [6, 6.07) is 6.02. The van der Waals surface area contributed by atoms with Crippen molar-refractivity contribution in [1.29, 1.82) is 0 Å². The zero-order valence-electron chi connectivity index (χ0n) is 9.27. The van der Waals surface area contributed by atoms with Gasteiger partial charge >= 0.3 is 6.36 Å². The van der Waals surface area contributed by atoms with Gasteiger partial charge < -0.3 is 10.1 Å². The van der Waals surface area contributed by atoms with Gasteiger partial charge in [-0.1, -0.05) is 24.1 Å². The monoisotopic (exact) mass is 243 g/mol. The maximum absolute atomic E-state index is 12.1. The van der Waals surface area contributed by atoms with Crippen molar-refractivity contribution in [3.05, 3.63) is 29.8 Å². The Bertz CT molecular complexity index is 418. The second-order valence-electron chi connectivity index (χ2n) is 3.19. The average molecular weight is 243 g/mol. The minimum atomic E-state index is -4.67. The van der Waals surface area contributed by atoms with Crippen LogP contribution in [-0.2, 0) is 6.54 Å². The fourth-order valence-corrected chi connectivity index (χ4v) is 1.22. The minimum absolute atomic E-state index is 0.183. The molecule has 1 aromatic carbocycles. The van der Waals surface area contributed by atoms with Crippen molar-refractivity contribution in [2.24, 2.45) is 0 Å². The molecule has 0 aliphatic carbocycles. The maximum atomic E-state index is 12.1. The summed E-state index contributed by atoms with van der Waals surface area (Å²) in [5.41, 5.74) is 0.447. The Kier molecular flexibility index (Phi) is 4.85. The van der Waals surface area contributed by atoms with Crippen LogP contribution in [0.4, 0.5) is 13.2 Å².